The van der Waals surface area contributed by atoms with Crippen LogP contribution in [0.5, 0.6) is 5.75 Å². The zero-order valence-electron chi connectivity index (χ0n) is 10.8. The third-order valence-electron chi connectivity index (χ3n) is 3.39. The van der Waals surface area contributed by atoms with Crippen LogP contribution in [0.25, 0.3) is 0 Å². The number of rotatable bonds is 2. The first-order valence-electron chi connectivity index (χ1n) is 6.23. The lowest BCUT2D eigenvalue weighted by Gasteiger charge is -2.31. The topological polar surface area (TPSA) is 34.2 Å². The molecule has 5 heteroatoms. The van der Waals surface area contributed by atoms with Crippen LogP contribution in [0, 0.1) is 12.7 Å². The number of nitrogens with zero attached hydrogens (tertiary/aromatic N) is 1. The molecule has 2 unspecified atom stereocenters. The van der Waals surface area contributed by atoms with Gasteiger partial charge in [-0.15, -0.1) is 11.3 Å². The van der Waals surface area contributed by atoms with Crippen LogP contribution < -0.4 is 10.1 Å². The van der Waals surface area contributed by atoms with E-state index in [9.17, 15) is 4.39 Å². The van der Waals surface area contributed by atoms with Gasteiger partial charge in [-0.05, 0) is 20.0 Å². The fourth-order valence-electron chi connectivity index (χ4n) is 2.42. The van der Waals surface area contributed by atoms with E-state index in [1.807, 2.05) is 19.4 Å². The van der Waals surface area contributed by atoms with Gasteiger partial charge in [0, 0.05) is 29.5 Å². The van der Waals surface area contributed by atoms with E-state index in [0.29, 0.717) is 5.75 Å². The minimum absolute atomic E-state index is 0.114. The van der Waals surface area contributed by atoms with E-state index in [1.165, 1.54) is 12.1 Å². The van der Waals surface area contributed by atoms with Crippen molar-refractivity contribution in [2.45, 2.75) is 25.5 Å². The highest BCUT2D eigenvalue weighted by molar-refractivity contribution is 7.09. The second-order valence-electron chi connectivity index (χ2n) is 4.66. The van der Waals surface area contributed by atoms with E-state index >= 15 is 0 Å². The van der Waals surface area contributed by atoms with Crippen molar-refractivity contribution in [3.05, 3.63) is 45.7 Å². The maximum absolute atomic E-state index is 13.3. The molecule has 1 aromatic heterocycles. The van der Waals surface area contributed by atoms with Gasteiger partial charge in [0.2, 0.25) is 0 Å². The molecule has 0 saturated heterocycles. The highest BCUT2D eigenvalue weighted by Gasteiger charge is 2.29. The summed E-state index contributed by atoms with van der Waals surface area (Å²) in [5, 5.41) is 6.29. The van der Waals surface area contributed by atoms with Gasteiger partial charge in [0.1, 0.15) is 17.7 Å². The van der Waals surface area contributed by atoms with Gasteiger partial charge in [0.05, 0.1) is 10.7 Å². The van der Waals surface area contributed by atoms with Crippen molar-refractivity contribution in [2.75, 3.05) is 7.05 Å². The highest BCUT2D eigenvalue weighted by Crippen LogP contribution is 2.40. The molecule has 0 spiro atoms. The molecule has 0 aliphatic carbocycles. The van der Waals surface area contributed by atoms with Crippen molar-refractivity contribution < 1.29 is 9.13 Å². The number of aromatic nitrogens is 1. The molecule has 3 rings (SSSR count). The van der Waals surface area contributed by atoms with Gasteiger partial charge in [-0.1, -0.05) is 6.07 Å². The summed E-state index contributed by atoms with van der Waals surface area (Å²) in [5.41, 5.74) is 1.93. The van der Waals surface area contributed by atoms with Crippen molar-refractivity contribution in [3.8, 4) is 5.75 Å². The summed E-state index contributed by atoms with van der Waals surface area (Å²) >= 11 is 1.61. The van der Waals surface area contributed by atoms with Gasteiger partial charge in [-0.2, -0.15) is 0 Å². The Balaban J connectivity index is 1.96. The predicted molar refractivity (Wildman–Crippen MR) is 73.0 cm³/mol. The molecular formula is C14H15FN2OS. The van der Waals surface area contributed by atoms with Crippen molar-refractivity contribution in [3.63, 3.8) is 0 Å². The molecule has 0 amide bonds. The molecule has 2 heterocycles. The second-order valence-corrected chi connectivity index (χ2v) is 5.72. The van der Waals surface area contributed by atoms with E-state index in [2.05, 4.69) is 10.3 Å². The van der Waals surface area contributed by atoms with E-state index < -0.39 is 0 Å². The standard InChI is InChI=1S/C14H15FN2OS/c1-8-17-12(7-19-8)14-6-11(16-2)10-4-3-9(15)5-13(10)18-14/h3-5,7,11,14,16H,6H2,1-2H3. The summed E-state index contributed by atoms with van der Waals surface area (Å²) in [7, 11) is 1.91. The van der Waals surface area contributed by atoms with Gasteiger partial charge in [0.25, 0.3) is 0 Å². The number of fused-ring (bicyclic) bond motifs is 1. The molecule has 0 bridgehead atoms. The molecule has 0 fully saturated rings. The quantitative estimate of drug-likeness (QED) is 0.914. The van der Waals surface area contributed by atoms with Crippen LogP contribution >= 0.6 is 11.3 Å². The minimum atomic E-state index is -0.274. The number of hydrogen-bond acceptors (Lipinski definition) is 4. The Morgan fingerprint density at radius 1 is 1.47 bits per heavy atom. The van der Waals surface area contributed by atoms with Crippen molar-refractivity contribution in [2.24, 2.45) is 0 Å². The second kappa shape index (κ2) is 4.90. The van der Waals surface area contributed by atoms with Gasteiger partial charge >= 0.3 is 0 Å². The summed E-state index contributed by atoms with van der Waals surface area (Å²) in [6.07, 6.45) is 0.690. The smallest absolute Gasteiger partial charge is 0.143 e. The van der Waals surface area contributed by atoms with Crippen LogP contribution in [0.3, 0.4) is 0 Å². The number of ether oxygens (including phenoxy) is 1. The molecule has 1 aromatic carbocycles. The molecule has 0 saturated carbocycles. The SMILES string of the molecule is CNC1CC(c2csc(C)n2)Oc2cc(F)ccc21. The van der Waals surface area contributed by atoms with Gasteiger partial charge in [0.15, 0.2) is 0 Å². The molecule has 0 radical (unpaired) electrons. The Bertz CT molecular complexity index is 599. The first kappa shape index (κ1) is 12.6. The summed E-state index contributed by atoms with van der Waals surface area (Å²) in [6, 6.07) is 4.87. The van der Waals surface area contributed by atoms with Crippen LogP contribution in [0.1, 0.15) is 34.8 Å². The summed E-state index contributed by atoms with van der Waals surface area (Å²) in [6.45, 7) is 1.97. The van der Waals surface area contributed by atoms with Gasteiger partial charge in [-0.3, -0.25) is 0 Å². The molecule has 100 valence electrons. The summed E-state index contributed by atoms with van der Waals surface area (Å²) in [4.78, 5) is 4.47. The van der Waals surface area contributed by atoms with Crippen molar-refractivity contribution >= 4 is 11.3 Å². The lowest BCUT2D eigenvalue weighted by atomic mass is 9.95. The lowest BCUT2D eigenvalue weighted by Crippen LogP contribution is -2.27. The number of aryl methyl sites for hydroxylation is 1. The lowest BCUT2D eigenvalue weighted by molar-refractivity contribution is 0.149. The molecule has 2 aromatic rings. The average molecular weight is 278 g/mol. The average Bonchev–Trinajstić information content (AvgIpc) is 2.83. The van der Waals surface area contributed by atoms with Crippen LogP contribution in [0.15, 0.2) is 23.6 Å². The third-order valence-corrected chi connectivity index (χ3v) is 4.18. The molecule has 1 aliphatic heterocycles. The molecule has 1 N–H and O–H groups in total. The number of halogens is 1. The van der Waals surface area contributed by atoms with Crippen LogP contribution in [0.2, 0.25) is 0 Å². The zero-order valence-corrected chi connectivity index (χ0v) is 11.6. The monoisotopic (exact) mass is 278 g/mol. The Hall–Kier alpha value is -1.46. The largest absolute Gasteiger partial charge is 0.484 e. The normalized spacial score (nSPS) is 21.8. The molecule has 1 aliphatic rings. The number of nitrogens with one attached hydrogen (secondary N) is 1. The van der Waals surface area contributed by atoms with Gasteiger partial charge in [-0.25, -0.2) is 9.37 Å². The van der Waals surface area contributed by atoms with E-state index in [4.69, 9.17) is 4.74 Å². The maximum Gasteiger partial charge on any atom is 0.143 e. The zero-order chi connectivity index (χ0) is 13.4. The Labute approximate surface area is 115 Å². The van der Waals surface area contributed by atoms with Crippen molar-refractivity contribution in [1.29, 1.82) is 0 Å². The predicted octanol–water partition coefficient (Wildman–Crippen LogP) is 3.37. The fourth-order valence-corrected chi connectivity index (χ4v) is 3.08. The fraction of sp³-hybridized carbons (Fsp3) is 0.357. The van der Waals surface area contributed by atoms with Crippen LogP contribution in [-0.4, -0.2) is 12.0 Å². The van der Waals surface area contributed by atoms with Crippen molar-refractivity contribution in [1.82, 2.24) is 10.3 Å². The van der Waals surface area contributed by atoms with E-state index in [1.54, 1.807) is 17.4 Å². The Kier molecular flexibility index (Phi) is 3.24. The number of benzene rings is 1. The first-order valence-corrected chi connectivity index (χ1v) is 7.10. The molecule has 19 heavy (non-hydrogen) atoms. The Morgan fingerprint density at radius 2 is 2.32 bits per heavy atom. The number of thiazole rings is 1. The molecule has 3 nitrogen and oxygen atoms in total. The van der Waals surface area contributed by atoms with E-state index in [-0.39, 0.29) is 18.0 Å². The minimum Gasteiger partial charge on any atom is -0.484 e. The summed E-state index contributed by atoms with van der Waals surface area (Å²) < 4.78 is 19.3. The first-order chi connectivity index (χ1) is 9.17. The molecule has 2 atom stereocenters. The maximum atomic E-state index is 13.3. The van der Waals surface area contributed by atoms with Gasteiger partial charge < -0.3 is 10.1 Å². The number of hydrogen-bond donors (Lipinski definition) is 1. The van der Waals surface area contributed by atoms with Crippen LogP contribution in [0.4, 0.5) is 4.39 Å². The van der Waals surface area contributed by atoms with Crippen LogP contribution in [-0.2, 0) is 0 Å². The Morgan fingerprint density at radius 3 is 3.00 bits per heavy atom. The highest BCUT2D eigenvalue weighted by atomic mass is 32.1. The molecular weight excluding hydrogens is 263 g/mol. The van der Waals surface area contributed by atoms with E-state index in [0.717, 1.165) is 22.7 Å². The summed E-state index contributed by atoms with van der Waals surface area (Å²) in [5.74, 6) is 0.338. The third kappa shape index (κ3) is 2.35.